The van der Waals surface area contributed by atoms with Crippen molar-refractivity contribution in [3.63, 3.8) is 0 Å². The van der Waals surface area contributed by atoms with E-state index in [1.807, 2.05) is 6.92 Å². The van der Waals surface area contributed by atoms with Crippen LogP contribution in [-0.4, -0.2) is 49.4 Å². The smallest absolute Gasteiger partial charge is 0.416 e. The van der Waals surface area contributed by atoms with E-state index >= 15 is 0 Å². The molecule has 4 nitrogen and oxygen atoms in total. The highest BCUT2D eigenvalue weighted by molar-refractivity contribution is 5.97. The van der Waals surface area contributed by atoms with Crippen LogP contribution >= 0.6 is 0 Å². The number of halogens is 3. The van der Waals surface area contributed by atoms with Crippen molar-refractivity contribution in [3.8, 4) is 5.75 Å². The van der Waals surface area contributed by atoms with E-state index in [4.69, 9.17) is 9.47 Å². The van der Waals surface area contributed by atoms with Crippen molar-refractivity contribution < 1.29 is 27.4 Å². The maximum absolute atomic E-state index is 12.8. The number of morpholine rings is 1. The van der Waals surface area contributed by atoms with Crippen LogP contribution in [0.3, 0.4) is 0 Å². The number of hydrogen-bond donors (Lipinski definition) is 0. The van der Waals surface area contributed by atoms with Crippen molar-refractivity contribution in [2.24, 2.45) is 0 Å². The Balaban J connectivity index is 2.10. The first-order valence-electron chi connectivity index (χ1n) is 7.63. The van der Waals surface area contributed by atoms with Crippen molar-refractivity contribution in [1.29, 1.82) is 0 Å². The Kier molecular flexibility index (Phi) is 5.87. The van der Waals surface area contributed by atoms with Gasteiger partial charge in [-0.15, -0.1) is 0 Å². The second-order valence-corrected chi connectivity index (χ2v) is 5.35. The maximum atomic E-state index is 12.8. The Hall–Kier alpha value is -1.76. The lowest BCUT2D eigenvalue weighted by atomic mass is 10.1. The van der Waals surface area contributed by atoms with Crippen LogP contribution in [0.4, 0.5) is 13.2 Å². The molecule has 128 valence electrons. The molecule has 0 aromatic heterocycles. The maximum Gasteiger partial charge on any atom is 0.416 e. The van der Waals surface area contributed by atoms with Gasteiger partial charge in [0.15, 0.2) is 6.10 Å². The lowest BCUT2D eigenvalue weighted by Gasteiger charge is -2.34. The van der Waals surface area contributed by atoms with Gasteiger partial charge in [-0.05, 0) is 18.6 Å². The van der Waals surface area contributed by atoms with E-state index in [1.165, 1.54) is 4.90 Å². The molecule has 0 radical (unpaired) electrons. The standard InChI is InChI=1S/C16H20F3NO3/c1-2-3-9-22-13-7-5-4-6-12(13)15(21)20-8-10-23-14(11-20)16(17,18)19/h4-7,14H,2-3,8-11H2,1H3. The van der Waals surface area contributed by atoms with E-state index in [0.717, 1.165) is 12.8 Å². The number of alkyl halides is 3. The van der Waals surface area contributed by atoms with Gasteiger partial charge in [0.25, 0.3) is 5.91 Å². The fourth-order valence-electron chi connectivity index (χ4n) is 2.30. The molecule has 1 aromatic rings. The first kappa shape index (κ1) is 17.6. The van der Waals surface area contributed by atoms with Gasteiger partial charge >= 0.3 is 6.18 Å². The molecule has 1 aliphatic heterocycles. The average Bonchev–Trinajstić information content (AvgIpc) is 2.54. The van der Waals surface area contributed by atoms with Crippen LogP contribution in [0.2, 0.25) is 0 Å². The molecule has 1 fully saturated rings. The molecule has 0 bridgehead atoms. The van der Waals surface area contributed by atoms with Crippen LogP contribution in [0, 0.1) is 0 Å². The molecule has 1 amide bonds. The Bertz CT molecular complexity index is 534. The van der Waals surface area contributed by atoms with E-state index in [2.05, 4.69) is 0 Å². The lowest BCUT2D eigenvalue weighted by molar-refractivity contribution is -0.233. The van der Waals surface area contributed by atoms with Crippen molar-refractivity contribution in [3.05, 3.63) is 29.8 Å². The second-order valence-electron chi connectivity index (χ2n) is 5.35. The summed E-state index contributed by atoms with van der Waals surface area (Å²) < 4.78 is 48.6. The summed E-state index contributed by atoms with van der Waals surface area (Å²) in [6.45, 7) is 2.00. The molecule has 0 saturated carbocycles. The van der Waals surface area contributed by atoms with Crippen LogP contribution in [0.15, 0.2) is 24.3 Å². The molecule has 1 heterocycles. The van der Waals surface area contributed by atoms with Crippen LogP contribution in [0.1, 0.15) is 30.1 Å². The number of hydrogen-bond acceptors (Lipinski definition) is 3. The van der Waals surface area contributed by atoms with Gasteiger partial charge in [-0.2, -0.15) is 13.2 Å². The number of carbonyl (C=O) groups is 1. The minimum atomic E-state index is -4.48. The Morgan fingerprint density at radius 2 is 2.13 bits per heavy atom. The van der Waals surface area contributed by atoms with Gasteiger partial charge in [0, 0.05) is 6.54 Å². The highest BCUT2D eigenvalue weighted by Gasteiger charge is 2.44. The molecule has 0 spiro atoms. The summed E-state index contributed by atoms with van der Waals surface area (Å²) >= 11 is 0. The lowest BCUT2D eigenvalue weighted by Crippen LogP contribution is -2.51. The van der Waals surface area contributed by atoms with Gasteiger partial charge in [0.05, 0.1) is 25.3 Å². The average molecular weight is 331 g/mol. The number of ether oxygens (including phenoxy) is 2. The molecule has 1 aliphatic rings. The molecule has 1 aromatic carbocycles. The first-order chi connectivity index (χ1) is 10.9. The summed E-state index contributed by atoms with van der Waals surface area (Å²) in [5.41, 5.74) is 0.284. The predicted octanol–water partition coefficient (Wildman–Crippen LogP) is 3.27. The number of amides is 1. The summed E-state index contributed by atoms with van der Waals surface area (Å²) in [4.78, 5) is 13.7. The van der Waals surface area contributed by atoms with Gasteiger partial charge in [0.1, 0.15) is 5.75 Å². The van der Waals surface area contributed by atoms with E-state index in [1.54, 1.807) is 24.3 Å². The fourth-order valence-corrected chi connectivity index (χ4v) is 2.30. The van der Waals surface area contributed by atoms with Gasteiger partial charge < -0.3 is 14.4 Å². The largest absolute Gasteiger partial charge is 0.493 e. The summed E-state index contributed by atoms with van der Waals surface area (Å²) in [5, 5.41) is 0. The SMILES string of the molecule is CCCCOc1ccccc1C(=O)N1CCOC(C(F)(F)F)C1. The third kappa shape index (κ3) is 4.60. The first-order valence-corrected chi connectivity index (χ1v) is 7.63. The van der Waals surface area contributed by atoms with E-state index in [-0.39, 0.29) is 18.7 Å². The molecule has 0 aliphatic carbocycles. The quantitative estimate of drug-likeness (QED) is 0.778. The molecule has 7 heteroatoms. The van der Waals surface area contributed by atoms with Crippen molar-refractivity contribution >= 4 is 5.91 Å². The second kappa shape index (κ2) is 7.68. The van der Waals surface area contributed by atoms with Crippen LogP contribution < -0.4 is 4.74 Å². The highest BCUT2D eigenvalue weighted by Crippen LogP contribution is 2.27. The van der Waals surface area contributed by atoms with Crippen LogP contribution in [0.5, 0.6) is 5.75 Å². The third-order valence-electron chi connectivity index (χ3n) is 3.59. The Labute approximate surface area is 133 Å². The third-order valence-corrected chi connectivity index (χ3v) is 3.59. The summed E-state index contributed by atoms with van der Waals surface area (Å²) in [6, 6.07) is 6.63. The topological polar surface area (TPSA) is 38.8 Å². The van der Waals surface area contributed by atoms with Gasteiger partial charge in [-0.25, -0.2) is 0 Å². The van der Waals surface area contributed by atoms with E-state index in [9.17, 15) is 18.0 Å². The van der Waals surface area contributed by atoms with E-state index in [0.29, 0.717) is 12.4 Å². The minimum absolute atomic E-state index is 0.130. The number of rotatable bonds is 5. The molecular weight excluding hydrogens is 311 g/mol. The molecular formula is C16H20F3NO3. The zero-order valence-corrected chi connectivity index (χ0v) is 12.9. The number of nitrogens with zero attached hydrogens (tertiary/aromatic N) is 1. The molecule has 1 saturated heterocycles. The minimum Gasteiger partial charge on any atom is -0.493 e. The summed E-state index contributed by atoms with van der Waals surface area (Å²) in [7, 11) is 0. The summed E-state index contributed by atoms with van der Waals surface area (Å²) in [6.07, 6.45) is -4.62. The fraction of sp³-hybridized carbons (Fsp3) is 0.562. The molecule has 0 N–H and O–H groups in total. The molecule has 23 heavy (non-hydrogen) atoms. The highest BCUT2D eigenvalue weighted by atomic mass is 19.4. The monoisotopic (exact) mass is 331 g/mol. The van der Waals surface area contributed by atoms with Crippen LogP contribution in [0.25, 0.3) is 0 Å². The van der Waals surface area contributed by atoms with Crippen LogP contribution in [-0.2, 0) is 4.74 Å². The van der Waals surface area contributed by atoms with Crippen molar-refractivity contribution in [1.82, 2.24) is 4.90 Å². The molecule has 1 atom stereocenters. The van der Waals surface area contributed by atoms with E-state index < -0.39 is 24.7 Å². The molecule has 1 unspecified atom stereocenters. The number of unbranched alkanes of at least 4 members (excludes halogenated alkanes) is 1. The number of para-hydroxylation sites is 1. The van der Waals surface area contributed by atoms with Gasteiger partial charge in [-0.1, -0.05) is 25.5 Å². The van der Waals surface area contributed by atoms with Crippen molar-refractivity contribution in [2.75, 3.05) is 26.3 Å². The normalized spacial score (nSPS) is 18.8. The Morgan fingerprint density at radius 3 is 2.83 bits per heavy atom. The zero-order chi connectivity index (χ0) is 16.9. The van der Waals surface area contributed by atoms with Gasteiger partial charge in [-0.3, -0.25) is 4.79 Å². The zero-order valence-electron chi connectivity index (χ0n) is 12.9. The Morgan fingerprint density at radius 1 is 1.39 bits per heavy atom. The van der Waals surface area contributed by atoms with Gasteiger partial charge in [0.2, 0.25) is 0 Å². The molecule has 2 rings (SSSR count). The number of benzene rings is 1. The predicted molar refractivity (Wildman–Crippen MR) is 78.5 cm³/mol. The number of carbonyl (C=O) groups excluding carboxylic acids is 1. The van der Waals surface area contributed by atoms with Crippen molar-refractivity contribution in [2.45, 2.75) is 32.0 Å². The summed E-state index contributed by atoms with van der Waals surface area (Å²) in [5.74, 6) is -0.0596.